The normalized spacial score (nSPS) is 26.9. The van der Waals surface area contributed by atoms with Gasteiger partial charge < -0.3 is 15.0 Å². The number of alkyl carbamates (subject to hydrolysis) is 1. The smallest absolute Gasteiger partial charge is 0.408 e. The van der Waals surface area contributed by atoms with E-state index in [1.807, 2.05) is 12.2 Å². The van der Waals surface area contributed by atoms with Crippen LogP contribution in [-0.4, -0.2) is 67.8 Å². The van der Waals surface area contributed by atoms with Gasteiger partial charge in [-0.3, -0.25) is 14.4 Å². The van der Waals surface area contributed by atoms with Gasteiger partial charge in [0, 0.05) is 24.5 Å². The fourth-order valence-electron chi connectivity index (χ4n) is 6.12. The number of fused-ring (bicyclic) bond motifs is 2. The first-order valence-electron chi connectivity index (χ1n) is 15.7. The van der Waals surface area contributed by atoms with Crippen LogP contribution in [0.15, 0.2) is 36.4 Å². The van der Waals surface area contributed by atoms with Crippen LogP contribution in [0.2, 0.25) is 5.02 Å². The minimum absolute atomic E-state index is 0.0666. The number of nitrogens with zero attached hydrogens (tertiary/aromatic N) is 1. The third kappa shape index (κ3) is 9.76. The van der Waals surface area contributed by atoms with Gasteiger partial charge in [0.05, 0.1) is 11.5 Å². The van der Waals surface area contributed by atoms with Gasteiger partial charge in [-0.15, -0.1) is 0 Å². The summed E-state index contributed by atoms with van der Waals surface area (Å²) < 4.78 is 35.6. The highest BCUT2D eigenvalue weighted by molar-refractivity contribution is 7.88. The molecule has 13 heteroatoms. The average molecular weight is 665 g/mol. The quantitative estimate of drug-likeness (QED) is 0.370. The van der Waals surface area contributed by atoms with Crippen molar-refractivity contribution in [1.29, 1.82) is 0 Å². The molecule has 3 aliphatic rings. The molecule has 0 bridgehead atoms. The number of halogens is 1. The molecule has 11 nitrogen and oxygen atoms in total. The van der Waals surface area contributed by atoms with Gasteiger partial charge in [0.25, 0.3) is 0 Å². The molecule has 1 aliphatic carbocycles. The Morgan fingerprint density at radius 3 is 2.51 bits per heavy atom. The SMILES string of the molecule is CC(C)(C)OC(=O)N[C@H]1CCCCC/C=C\[C@@H]2C[C@@]2(C(=O)NS(=O)(=O)NCCc2ccc(Cl)cc2)CC(=O)[C@@H]2CCCN2C1=O. The minimum atomic E-state index is -4.19. The molecule has 4 atom stereocenters. The number of carbonyl (C=O) groups excluding carboxylic acids is 4. The second-order valence-corrected chi connectivity index (χ2v) is 15.2. The molecule has 0 spiro atoms. The Kier molecular flexibility index (Phi) is 11.4. The lowest BCUT2D eigenvalue weighted by molar-refractivity contribution is -0.140. The Bertz CT molecular complexity index is 1390. The van der Waals surface area contributed by atoms with Crippen molar-refractivity contribution in [3.05, 3.63) is 47.0 Å². The van der Waals surface area contributed by atoms with E-state index >= 15 is 0 Å². The van der Waals surface area contributed by atoms with Crippen LogP contribution < -0.4 is 14.8 Å². The second-order valence-electron chi connectivity index (χ2n) is 13.3. The maximum Gasteiger partial charge on any atom is 0.408 e. The Hall–Kier alpha value is -2.96. The Balaban J connectivity index is 1.47. The molecule has 1 saturated carbocycles. The lowest BCUT2D eigenvalue weighted by Gasteiger charge is -2.30. The van der Waals surface area contributed by atoms with Crippen molar-refractivity contribution in [2.45, 2.75) is 103 Å². The molecule has 248 valence electrons. The molecule has 2 heterocycles. The summed E-state index contributed by atoms with van der Waals surface area (Å²) >= 11 is 5.91. The van der Waals surface area contributed by atoms with Crippen LogP contribution in [0, 0.1) is 11.3 Å². The van der Waals surface area contributed by atoms with Gasteiger partial charge in [0.2, 0.25) is 11.8 Å². The van der Waals surface area contributed by atoms with E-state index in [-0.39, 0.29) is 30.6 Å². The Morgan fingerprint density at radius 1 is 1.07 bits per heavy atom. The van der Waals surface area contributed by atoms with Crippen molar-refractivity contribution in [1.82, 2.24) is 19.7 Å². The molecule has 1 saturated heterocycles. The predicted octanol–water partition coefficient (Wildman–Crippen LogP) is 4.20. The number of hydrogen-bond acceptors (Lipinski definition) is 7. The molecule has 2 aliphatic heterocycles. The van der Waals surface area contributed by atoms with Gasteiger partial charge in [0.1, 0.15) is 11.6 Å². The lowest BCUT2D eigenvalue weighted by Crippen LogP contribution is -2.53. The van der Waals surface area contributed by atoms with Crippen LogP contribution in [0.5, 0.6) is 0 Å². The molecule has 4 rings (SSSR count). The van der Waals surface area contributed by atoms with Crippen LogP contribution in [0.1, 0.15) is 84.1 Å². The summed E-state index contributed by atoms with van der Waals surface area (Å²) in [6.07, 6.45) is 8.31. The Morgan fingerprint density at radius 2 is 1.80 bits per heavy atom. The minimum Gasteiger partial charge on any atom is -0.444 e. The highest BCUT2D eigenvalue weighted by Crippen LogP contribution is 2.57. The molecule has 1 aromatic rings. The zero-order valence-electron chi connectivity index (χ0n) is 26.3. The Labute approximate surface area is 271 Å². The molecule has 0 aromatic heterocycles. The van der Waals surface area contributed by atoms with E-state index in [9.17, 15) is 27.6 Å². The zero-order valence-corrected chi connectivity index (χ0v) is 27.8. The van der Waals surface area contributed by atoms with E-state index in [2.05, 4.69) is 14.8 Å². The number of ether oxygens (including phenoxy) is 1. The summed E-state index contributed by atoms with van der Waals surface area (Å²) in [5, 5.41) is 3.30. The number of allylic oxidation sites excluding steroid dienone is 2. The van der Waals surface area contributed by atoms with Crippen LogP contribution in [0.3, 0.4) is 0 Å². The predicted molar refractivity (Wildman–Crippen MR) is 171 cm³/mol. The zero-order chi connectivity index (χ0) is 32.8. The monoisotopic (exact) mass is 664 g/mol. The third-order valence-corrected chi connectivity index (χ3v) is 9.84. The number of hydrogen-bond donors (Lipinski definition) is 3. The van der Waals surface area contributed by atoms with Crippen LogP contribution in [-0.2, 0) is 35.8 Å². The molecule has 45 heavy (non-hydrogen) atoms. The molecule has 2 fully saturated rings. The fraction of sp³-hybridized carbons (Fsp3) is 0.625. The summed E-state index contributed by atoms with van der Waals surface area (Å²) in [5.41, 5.74) is -1.07. The van der Waals surface area contributed by atoms with Crippen LogP contribution in [0.25, 0.3) is 0 Å². The average Bonchev–Trinajstić information content (AvgIpc) is 3.40. The maximum atomic E-state index is 13.8. The number of amides is 3. The van der Waals surface area contributed by atoms with Crippen molar-refractivity contribution in [3.63, 3.8) is 0 Å². The molecule has 0 radical (unpaired) electrons. The molecule has 3 amide bonds. The third-order valence-electron chi connectivity index (χ3n) is 8.55. The van der Waals surface area contributed by atoms with Crippen LogP contribution in [0.4, 0.5) is 4.79 Å². The van der Waals surface area contributed by atoms with E-state index in [4.69, 9.17) is 16.3 Å². The largest absolute Gasteiger partial charge is 0.444 e. The van der Waals surface area contributed by atoms with Crippen molar-refractivity contribution in [2.75, 3.05) is 13.1 Å². The van der Waals surface area contributed by atoms with Gasteiger partial charge in [-0.1, -0.05) is 48.7 Å². The number of Topliss-reactive ketones (excluding diaryl/α,β-unsaturated/α-hetero) is 1. The highest BCUT2D eigenvalue weighted by Gasteiger charge is 2.61. The first-order valence-corrected chi connectivity index (χ1v) is 17.6. The number of rotatable bonds is 7. The summed E-state index contributed by atoms with van der Waals surface area (Å²) in [4.78, 5) is 55.2. The van der Waals surface area contributed by atoms with Crippen molar-refractivity contribution < 1.29 is 32.3 Å². The number of nitrogens with one attached hydrogen (secondary N) is 3. The number of ketones is 1. The van der Waals surface area contributed by atoms with Crippen LogP contribution >= 0.6 is 11.6 Å². The number of carbonyl (C=O) groups is 4. The second kappa shape index (κ2) is 14.6. The van der Waals surface area contributed by atoms with E-state index in [1.54, 1.807) is 45.0 Å². The van der Waals surface area contributed by atoms with Gasteiger partial charge in [-0.25, -0.2) is 9.52 Å². The van der Waals surface area contributed by atoms with E-state index in [0.29, 0.717) is 50.1 Å². The highest BCUT2D eigenvalue weighted by atomic mass is 35.5. The fourth-order valence-corrected chi connectivity index (χ4v) is 7.14. The van der Waals surface area contributed by atoms with E-state index in [1.165, 1.54) is 4.90 Å². The van der Waals surface area contributed by atoms with Gasteiger partial charge >= 0.3 is 16.3 Å². The first kappa shape index (κ1) is 34.9. The standard InChI is InChI=1S/C32H45ClN4O7S/c1-31(2,3)44-30(41)35-25-11-8-6-4-5-7-10-23-20-32(23,21-27(38)26-12-9-19-37(26)28(25)39)29(40)36-45(42,43)34-18-17-22-13-15-24(33)16-14-22/h7,10,13-16,23,25-26,34H,4-6,8-9,11-12,17-21H2,1-3H3,(H,35,41)(H,36,40)/b10-7-/t23-,25+,26+,32-/m1/s1. The number of benzene rings is 1. The van der Waals surface area contributed by atoms with Gasteiger partial charge in [0.15, 0.2) is 5.78 Å². The molecule has 0 unspecified atom stereocenters. The van der Waals surface area contributed by atoms with E-state index < -0.39 is 45.3 Å². The summed E-state index contributed by atoms with van der Waals surface area (Å²) in [6.45, 7) is 5.65. The molecule has 3 N–H and O–H groups in total. The molecule has 1 aromatic carbocycles. The van der Waals surface area contributed by atoms with Crippen molar-refractivity contribution in [3.8, 4) is 0 Å². The van der Waals surface area contributed by atoms with Gasteiger partial charge in [-0.05, 0) is 89.3 Å². The van der Waals surface area contributed by atoms with Gasteiger partial charge in [-0.2, -0.15) is 13.1 Å². The summed E-state index contributed by atoms with van der Waals surface area (Å²) in [6, 6.07) is 5.43. The topological polar surface area (TPSA) is 151 Å². The maximum absolute atomic E-state index is 13.8. The first-order chi connectivity index (χ1) is 21.2. The summed E-state index contributed by atoms with van der Waals surface area (Å²) in [5.74, 6) is -1.65. The lowest BCUT2D eigenvalue weighted by atomic mass is 9.91. The van der Waals surface area contributed by atoms with Crippen molar-refractivity contribution in [2.24, 2.45) is 11.3 Å². The van der Waals surface area contributed by atoms with Crippen molar-refractivity contribution >= 4 is 45.5 Å². The molecular weight excluding hydrogens is 620 g/mol. The molecular formula is C32H45ClN4O7S. The van der Waals surface area contributed by atoms with E-state index in [0.717, 1.165) is 24.8 Å². The summed E-state index contributed by atoms with van der Waals surface area (Å²) in [7, 11) is -4.19.